The standard InChI is InChI=1S/C11H15NO/c1-2-3-9-12-10-7-5-4-6-8-11(10)13/h4-8H,2-3,9H2,1H3,(H,12,13). The molecule has 0 aliphatic heterocycles. The van der Waals surface area contributed by atoms with E-state index in [1.54, 1.807) is 12.1 Å². The fourth-order valence-electron chi connectivity index (χ4n) is 1.08. The SMILES string of the molecule is CCCCNc1cccccc1=O. The molecule has 0 amide bonds. The quantitative estimate of drug-likeness (QED) is 0.715. The maximum atomic E-state index is 11.4. The van der Waals surface area contributed by atoms with E-state index < -0.39 is 0 Å². The topological polar surface area (TPSA) is 29.1 Å². The molecule has 0 aromatic heterocycles. The molecule has 2 nitrogen and oxygen atoms in total. The zero-order valence-corrected chi connectivity index (χ0v) is 7.92. The fourth-order valence-corrected chi connectivity index (χ4v) is 1.08. The van der Waals surface area contributed by atoms with Crippen molar-refractivity contribution in [1.29, 1.82) is 0 Å². The smallest absolute Gasteiger partial charge is 0.201 e. The van der Waals surface area contributed by atoms with Crippen LogP contribution in [0, 0.1) is 0 Å². The van der Waals surface area contributed by atoms with E-state index in [9.17, 15) is 4.79 Å². The van der Waals surface area contributed by atoms with Crippen LogP contribution in [0.3, 0.4) is 0 Å². The molecule has 0 bridgehead atoms. The van der Waals surface area contributed by atoms with Crippen molar-refractivity contribution < 1.29 is 0 Å². The maximum Gasteiger partial charge on any atom is 0.201 e. The first-order valence-corrected chi connectivity index (χ1v) is 4.68. The van der Waals surface area contributed by atoms with Crippen LogP contribution in [0.2, 0.25) is 0 Å². The summed E-state index contributed by atoms with van der Waals surface area (Å²) in [5.41, 5.74) is 0.750. The molecule has 1 aromatic carbocycles. The molecule has 0 spiro atoms. The second-order valence-electron chi connectivity index (χ2n) is 2.97. The minimum absolute atomic E-state index is 0.0566. The summed E-state index contributed by atoms with van der Waals surface area (Å²) in [6.07, 6.45) is 2.23. The van der Waals surface area contributed by atoms with Crippen molar-refractivity contribution >= 4 is 5.69 Å². The molecule has 0 heterocycles. The summed E-state index contributed by atoms with van der Waals surface area (Å²) in [6.45, 7) is 3.00. The third-order valence-corrected chi connectivity index (χ3v) is 1.84. The minimum Gasteiger partial charge on any atom is -0.382 e. The molecule has 0 saturated heterocycles. The van der Waals surface area contributed by atoms with Crippen molar-refractivity contribution in [2.45, 2.75) is 19.8 Å². The zero-order chi connectivity index (χ0) is 9.52. The van der Waals surface area contributed by atoms with Crippen LogP contribution < -0.4 is 10.7 Å². The first-order valence-electron chi connectivity index (χ1n) is 4.68. The summed E-state index contributed by atoms with van der Waals surface area (Å²) >= 11 is 0. The third kappa shape index (κ3) is 3.28. The fraction of sp³-hybridized carbons (Fsp3) is 0.364. The lowest BCUT2D eigenvalue weighted by molar-refractivity contribution is 0.834. The summed E-state index contributed by atoms with van der Waals surface area (Å²) in [5, 5.41) is 3.12. The average Bonchev–Trinajstić information content (AvgIpc) is 2.32. The first kappa shape index (κ1) is 9.78. The Kier molecular flexibility index (Phi) is 4.03. The molecule has 1 N–H and O–H groups in total. The molecule has 0 saturated carbocycles. The van der Waals surface area contributed by atoms with E-state index in [0.717, 1.165) is 19.4 Å². The van der Waals surface area contributed by atoms with Gasteiger partial charge in [0.25, 0.3) is 0 Å². The molecule has 2 heteroatoms. The Morgan fingerprint density at radius 3 is 2.77 bits per heavy atom. The Morgan fingerprint density at radius 2 is 2.00 bits per heavy atom. The van der Waals surface area contributed by atoms with Crippen LogP contribution in [-0.4, -0.2) is 6.54 Å². The van der Waals surface area contributed by atoms with Crippen molar-refractivity contribution in [2.75, 3.05) is 11.9 Å². The highest BCUT2D eigenvalue weighted by atomic mass is 16.1. The van der Waals surface area contributed by atoms with E-state index in [2.05, 4.69) is 12.2 Å². The maximum absolute atomic E-state index is 11.4. The van der Waals surface area contributed by atoms with Crippen LogP contribution in [0.25, 0.3) is 0 Å². The van der Waals surface area contributed by atoms with Gasteiger partial charge in [-0.15, -0.1) is 0 Å². The predicted octanol–water partition coefficient (Wildman–Crippen LogP) is 2.26. The van der Waals surface area contributed by atoms with E-state index >= 15 is 0 Å². The zero-order valence-electron chi connectivity index (χ0n) is 7.92. The molecule has 0 fully saturated rings. The van der Waals surface area contributed by atoms with Gasteiger partial charge < -0.3 is 5.32 Å². The average molecular weight is 177 g/mol. The van der Waals surface area contributed by atoms with Crippen LogP contribution in [-0.2, 0) is 0 Å². The summed E-state index contributed by atoms with van der Waals surface area (Å²) in [7, 11) is 0. The van der Waals surface area contributed by atoms with Crippen molar-refractivity contribution in [3.8, 4) is 0 Å². The number of rotatable bonds is 4. The number of hydrogen-bond donors (Lipinski definition) is 1. The van der Waals surface area contributed by atoms with Gasteiger partial charge in [-0.3, -0.25) is 4.79 Å². The summed E-state index contributed by atoms with van der Waals surface area (Å²) in [5.74, 6) is 0. The van der Waals surface area contributed by atoms with Crippen LogP contribution in [0.5, 0.6) is 0 Å². The minimum atomic E-state index is 0.0566. The summed E-state index contributed by atoms with van der Waals surface area (Å²) in [6, 6.07) is 8.88. The summed E-state index contributed by atoms with van der Waals surface area (Å²) in [4.78, 5) is 11.4. The molecule has 0 atom stereocenters. The van der Waals surface area contributed by atoms with Crippen LogP contribution >= 0.6 is 0 Å². The normalized spacial score (nSPS) is 9.62. The number of anilines is 1. The summed E-state index contributed by atoms with van der Waals surface area (Å²) < 4.78 is 0. The second kappa shape index (κ2) is 5.36. The second-order valence-corrected chi connectivity index (χ2v) is 2.97. The van der Waals surface area contributed by atoms with E-state index in [-0.39, 0.29) is 5.43 Å². The lowest BCUT2D eigenvalue weighted by atomic mass is 10.3. The van der Waals surface area contributed by atoms with Gasteiger partial charge in [0.05, 0.1) is 5.69 Å². The molecule has 0 radical (unpaired) electrons. The van der Waals surface area contributed by atoms with Gasteiger partial charge in [0.1, 0.15) is 0 Å². The van der Waals surface area contributed by atoms with Crippen molar-refractivity contribution in [1.82, 2.24) is 0 Å². The van der Waals surface area contributed by atoms with Crippen LogP contribution in [0.15, 0.2) is 35.1 Å². The Bertz CT molecular complexity index is 309. The number of hydrogen-bond acceptors (Lipinski definition) is 2. The van der Waals surface area contributed by atoms with Gasteiger partial charge in [-0.1, -0.05) is 31.5 Å². The van der Waals surface area contributed by atoms with Gasteiger partial charge in [0.15, 0.2) is 0 Å². The predicted molar refractivity (Wildman–Crippen MR) is 56.1 cm³/mol. The molecular formula is C11H15NO. The first-order chi connectivity index (χ1) is 6.34. The molecule has 1 rings (SSSR count). The van der Waals surface area contributed by atoms with Crippen molar-refractivity contribution in [2.24, 2.45) is 0 Å². The lowest BCUT2D eigenvalue weighted by Gasteiger charge is -2.00. The van der Waals surface area contributed by atoms with E-state index in [0.29, 0.717) is 5.69 Å². The van der Waals surface area contributed by atoms with Gasteiger partial charge in [-0.05, 0) is 18.6 Å². The van der Waals surface area contributed by atoms with Gasteiger partial charge in [-0.2, -0.15) is 0 Å². The Labute approximate surface area is 78.6 Å². The van der Waals surface area contributed by atoms with Crippen molar-refractivity contribution in [3.63, 3.8) is 0 Å². The molecule has 13 heavy (non-hydrogen) atoms. The Balaban J connectivity index is 2.67. The van der Waals surface area contributed by atoms with E-state index in [4.69, 9.17) is 0 Å². The number of nitrogens with one attached hydrogen (secondary N) is 1. The highest BCUT2D eigenvalue weighted by molar-refractivity contribution is 5.41. The Hall–Kier alpha value is -1.31. The highest BCUT2D eigenvalue weighted by Crippen LogP contribution is 1.97. The van der Waals surface area contributed by atoms with Gasteiger partial charge >= 0.3 is 0 Å². The third-order valence-electron chi connectivity index (χ3n) is 1.84. The molecule has 70 valence electrons. The van der Waals surface area contributed by atoms with Crippen LogP contribution in [0.1, 0.15) is 19.8 Å². The van der Waals surface area contributed by atoms with E-state index in [1.165, 1.54) is 0 Å². The monoisotopic (exact) mass is 177 g/mol. The van der Waals surface area contributed by atoms with E-state index in [1.807, 2.05) is 18.2 Å². The molecule has 0 aliphatic rings. The van der Waals surface area contributed by atoms with Gasteiger partial charge in [-0.25, -0.2) is 0 Å². The van der Waals surface area contributed by atoms with Gasteiger partial charge in [0, 0.05) is 6.54 Å². The van der Waals surface area contributed by atoms with Gasteiger partial charge in [0.2, 0.25) is 5.43 Å². The molecule has 0 unspecified atom stereocenters. The highest BCUT2D eigenvalue weighted by Gasteiger charge is 1.92. The molecular weight excluding hydrogens is 162 g/mol. The molecule has 1 aromatic rings. The lowest BCUT2D eigenvalue weighted by Crippen LogP contribution is -2.09. The van der Waals surface area contributed by atoms with Crippen molar-refractivity contribution in [3.05, 3.63) is 40.6 Å². The largest absolute Gasteiger partial charge is 0.382 e. The Morgan fingerprint density at radius 1 is 1.23 bits per heavy atom. The van der Waals surface area contributed by atoms with Crippen LogP contribution in [0.4, 0.5) is 5.69 Å². The number of unbranched alkanes of at least 4 members (excludes halogenated alkanes) is 1. The molecule has 0 aliphatic carbocycles.